The van der Waals surface area contributed by atoms with Gasteiger partial charge in [0.05, 0.1) is 0 Å². The maximum Gasteiger partial charge on any atom is 0.373 e. The van der Waals surface area contributed by atoms with Crippen molar-refractivity contribution in [3.05, 3.63) is 42.5 Å². The summed E-state index contributed by atoms with van der Waals surface area (Å²) in [5.41, 5.74) is 0. The lowest BCUT2D eigenvalue weighted by Gasteiger charge is -2.11. The molecule has 0 aliphatic carbocycles. The SMILES string of the molecule is Cl[Si](Cl)(Cl)c1cccc2ccccc12. The van der Waals surface area contributed by atoms with Crippen molar-refractivity contribution >= 4 is 55.2 Å². The van der Waals surface area contributed by atoms with Crippen molar-refractivity contribution in [3.8, 4) is 0 Å². The van der Waals surface area contributed by atoms with Gasteiger partial charge in [0.25, 0.3) is 0 Å². The Balaban J connectivity index is 2.78. The Hall–Kier alpha value is -0.213. The lowest BCUT2D eigenvalue weighted by Crippen LogP contribution is -2.30. The van der Waals surface area contributed by atoms with E-state index in [9.17, 15) is 0 Å². The molecule has 72 valence electrons. The van der Waals surface area contributed by atoms with Crippen molar-refractivity contribution in [1.82, 2.24) is 0 Å². The number of fused-ring (bicyclic) bond motifs is 1. The highest BCUT2D eigenvalue weighted by Gasteiger charge is 2.29. The van der Waals surface area contributed by atoms with Crippen LogP contribution in [0.5, 0.6) is 0 Å². The molecule has 2 rings (SSSR count). The van der Waals surface area contributed by atoms with Crippen LogP contribution < -0.4 is 5.19 Å². The summed E-state index contributed by atoms with van der Waals surface area (Å²) in [7, 11) is 0. The first-order valence-corrected chi connectivity index (χ1v) is 9.17. The fourth-order valence-electron chi connectivity index (χ4n) is 1.47. The van der Waals surface area contributed by atoms with Crippen LogP contribution in [0.2, 0.25) is 0 Å². The molecule has 0 aliphatic rings. The minimum absolute atomic E-state index is 0.862. The summed E-state index contributed by atoms with van der Waals surface area (Å²) < 4.78 is 0. The number of rotatable bonds is 1. The van der Waals surface area contributed by atoms with Gasteiger partial charge >= 0.3 is 6.00 Å². The normalized spacial score (nSPS) is 11.9. The Morgan fingerprint density at radius 2 is 1.43 bits per heavy atom. The van der Waals surface area contributed by atoms with Crippen molar-refractivity contribution in [2.45, 2.75) is 0 Å². The number of hydrogen-bond acceptors (Lipinski definition) is 0. The van der Waals surface area contributed by atoms with E-state index in [-0.39, 0.29) is 0 Å². The van der Waals surface area contributed by atoms with E-state index in [1.54, 1.807) is 0 Å². The van der Waals surface area contributed by atoms with Gasteiger partial charge in [-0.2, -0.15) is 0 Å². The van der Waals surface area contributed by atoms with Crippen LogP contribution in [0, 0.1) is 0 Å². The summed E-state index contributed by atoms with van der Waals surface area (Å²) in [6.07, 6.45) is 0. The molecule has 0 N–H and O–H groups in total. The minimum Gasteiger partial charge on any atom is -0.121 e. The fourth-order valence-corrected chi connectivity index (χ4v) is 3.77. The van der Waals surface area contributed by atoms with E-state index in [1.807, 2.05) is 42.5 Å². The average molecular weight is 262 g/mol. The van der Waals surface area contributed by atoms with Gasteiger partial charge in [0.2, 0.25) is 0 Å². The van der Waals surface area contributed by atoms with Gasteiger partial charge in [-0.3, -0.25) is 0 Å². The Morgan fingerprint density at radius 3 is 2.14 bits per heavy atom. The third kappa shape index (κ3) is 1.91. The van der Waals surface area contributed by atoms with Crippen LogP contribution in [0.3, 0.4) is 0 Å². The molecule has 0 amide bonds. The second kappa shape index (κ2) is 3.74. The zero-order valence-corrected chi connectivity index (χ0v) is 10.4. The molecule has 0 nitrogen and oxygen atoms in total. The van der Waals surface area contributed by atoms with Gasteiger partial charge in [0.15, 0.2) is 0 Å². The standard InChI is InChI=1S/C10H7Cl3Si/c11-14(12,13)10-7-3-5-8-4-1-2-6-9(8)10/h1-7H. The minimum atomic E-state index is -2.78. The summed E-state index contributed by atoms with van der Waals surface area (Å²) in [5.74, 6) is 0. The first-order valence-electron chi connectivity index (χ1n) is 4.14. The Bertz CT molecular complexity index is 457. The predicted octanol–water partition coefficient (Wildman–Crippen LogP) is 3.70. The molecule has 4 heteroatoms. The van der Waals surface area contributed by atoms with Gasteiger partial charge in [0.1, 0.15) is 0 Å². The molecule has 0 radical (unpaired) electrons. The van der Waals surface area contributed by atoms with E-state index in [0.717, 1.165) is 16.0 Å². The highest BCUT2D eigenvalue weighted by molar-refractivity contribution is 7.69. The summed E-state index contributed by atoms with van der Waals surface area (Å²) >= 11 is 18.0. The second-order valence-electron chi connectivity index (χ2n) is 3.02. The van der Waals surface area contributed by atoms with E-state index in [0.29, 0.717) is 0 Å². The van der Waals surface area contributed by atoms with Crippen molar-refractivity contribution < 1.29 is 0 Å². The summed E-state index contributed by atoms with van der Waals surface area (Å²) in [5, 5.41) is 3.02. The first kappa shape index (κ1) is 10.3. The molecule has 0 unspecified atom stereocenters. The van der Waals surface area contributed by atoms with Crippen LogP contribution in [-0.4, -0.2) is 6.00 Å². The Morgan fingerprint density at radius 1 is 0.786 bits per heavy atom. The lowest BCUT2D eigenvalue weighted by molar-refractivity contribution is 1.78. The molecule has 0 heterocycles. The molecule has 0 saturated heterocycles. The maximum absolute atomic E-state index is 6.01. The first-order chi connectivity index (χ1) is 6.59. The van der Waals surface area contributed by atoms with E-state index in [4.69, 9.17) is 33.2 Å². The molecule has 0 aromatic heterocycles. The van der Waals surface area contributed by atoms with Gasteiger partial charge < -0.3 is 0 Å². The van der Waals surface area contributed by atoms with Gasteiger partial charge in [-0.05, 0) is 16.0 Å². The smallest absolute Gasteiger partial charge is 0.121 e. The number of halogens is 3. The van der Waals surface area contributed by atoms with Gasteiger partial charge in [-0.15, -0.1) is 33.2 Å². The molecule has 14 heavy (non-hydrogen) atoms. The third-order valence-corrected chi connectivity index (χ3v) is 4.97. The van der Waals surface area contributed by atoms with E-state index in [1.165, 1.54) is 0 Å². The highest BCUT2D eigenvalue weighted by atomic mass is 35.8. The molecular weight excluding hydrogens is 255 g/mol. The fraction of sp³-hybridized carbons (Fsp3) is 0. The van der Waals surface area contributed by atoms with Crippen LogP contribution in [0.15, 0.2) is 42.5 Å². The van der Waals surface area contributed by atoms with E-state index >= 15 is 0 Å². The molecule has 0 atom stereocenters. The topological polar surface area (TPSA) is 0 Å². The third-order valence-electron chi connectivity index (χ3n) is 2.10. The van der Waals surface area contributed by atoms with Gasteiger partial charge in [-0.1, -0.05) is 42.5 Å². The summed E-state index contributed by atoms with van der Waals surface area (Å²) in [6.45, 7) is 0. The molecular formula is C10H7Cl3Si. The van der Waals surface area contributed by atoms with Gasteiger partial charge in [-0.25, -0.2) is 0 Å². The zero-order valence-electron chi connectivity index (χ0n) is 7.18. The molecule has 2 aromatic rings. The maximum atomic E-state index is 6.01. The van der Waals surface area contributed by atoms with E-state index in [2.05, 4.69) is 0 Å². The molecule has 0 fully saturated rings. The van der Waals surface area contributed by atoms with Crippen LogP contribution in [0.1, 0.15) is 0 Å². The quantitative estimate of drug-likeness (QED) is 0.542. The van der Waals surface area contributed by atoms with Crippen molar-refractivity contribution in [1.29, 1.82) is 0 Å². The molecule has 2 aromatic carbocycles. The average Bonchev–Trinajstić information content (AvgIpc) is 2.15. The van der Waals surface area contributed by atoms with Crippen LogP contribution in [0.25, 0.3) is 10.8 Å². The van der Waals surface area contributed by atoms with Crippen molar-refractivity contribution in [2.75, 3.05) is 0 Å². The lowest BCUT2D eigenvalue weighted by atomic mass is 10.1. The van der Waals surface area contributed by atoms with Crippen molar-refractivity contribution in [2.24, 2.45) is 0 Å². The largest absolute Gasteiger partial charge is 0.373 e. The zero-order chi connectivity index (χ0) is 10.2. The van der Waals surface area contributed by atoms with Crippen molar-refractivity contribution in [3.63, 3.8) is 0 Å². The van der Waals surface area contributed by atoms with Crippen LogP contribution in [-0.2, 0) is 0 Å². The second-order valence-corrected chi connectivity index (χ2v) is 11.4. The van der Waals surface area contributed by atoms with Crippen LogP contribution >= 0.6 is 33.2 Å². The summed E-state index contributed by atoms with van der Waals surface area (Å²) in [4.78, 5) is 0. The molecule has 0 saturated carbocycles. The Labute approximate surface area is 97.5 Å². The van der Waals surface area contributed by atoms with E-state index < -0.39 is 6.00 Å². The Kier molecular flexibility index (Phi) is 2.76. The monoisotopic (exact) mass is 260 g/mol. The summed E-state index contributed by atoms with van der Waals surface area (Å²) in [6, 6.07) is 11.0. The molecule has 0 bridgehead atoms. The van der Waals surface area contributed by atoms with Gasteiger partial charge in [0, 0.05) is 0 Å². The predicted molar refractivity (Wildman–Crippen MR) is 66.9 cm³/mol. The van der Waals surface area contributed by atoms with Crippen LogP contribution in [0.4, 0.5) is 0 Å². The molecule has 0 aliphatic heterocycles. The molecule has 0 spiro atoms. The highest BCUT2D eigenvalue weighted by Crippen LogP contribution is 2.24. The number of hydrogen-bond donors (Lipinski definition) is 0. The number of benzene rings is 2.